The Labute approximate surface area is 142 Å². The van der Waals surface area contributed by atoms with Gasteiger partial charge in [0.1, 0.15) is 6.10 Å². The Kier molecular flexibility index (Phi) is 5.82. The molecule has 2 aliphatic rings. The van der Waals surface area contributed by atoms with Crippen LogP contribution < -0.4 is 10.6 Å². The second kappa shape index (κ2) is 8.26. The minimum Gasteiger partial charge on any atom is -0.368 e. The topological polar surface area (TPSA) is 70.7 Å². The highest BCUT2D eigenvalue weighted by atomic mass is 16.5. The average Bonchev–Trinajstić information content (AvgIpc) is 3.12. The fourth-order valence-electron chi connectivity index (χ4n) is 3.17. The van der Waals surface area contributed by atoms with E-state index in [1.54, 1.807) is 24.3 Å². The van der Waals surface area contributed by atoms with Gasteiger partial charge in [-0.05, 0) is 63.0 Å². The van der Waals surface area contributed by atoms with E-state index in [0.29, 0.717) is 18.8 Å². The van der Waals surface area contributed by atoms with Crippen LogP contribution in [0.5, 0.6) is 0 Å². The highest BCUT2D eigenvalue weighted by Crippen LogP contribution is 2.17. The molecule has 6 heteroatoms. The number of nitrogens with zero attached hydrogens (tertiary/aromatic N) is 1. The van der Waals surface area contributed by atoms with E-state index in [0.717, 1.165) is 31.6 Å². The van der Waals surface area contributed by atoms with E-state index in [1.807, 2.05) is 0 Å². The summed E-state index contributed by atoms with van der Waals surface area (Å²) in [5, 5.41) is 5.75. The normalized spacial score (nSPS) is 21.4. The molecule has 2 amide bonds. The largest absolute Gasteiger partial charge is 0.368 e. The summed E-state index contributed by atoms with van der Waals surface area (Å²) in [5.41, 5.74) is 1.46. The number of carbonyl (C=O) groups is 2. The molecule has 130 valence electrons. The number of likely N-dealkylation sites (tertiary alicyclic amines) is 1. The molecule has 24 heavy (non-hydrogen) atoms. The number of benzene rings is 1. The quantitative estimate of drug-likeness (QED) is 0.868. The number of nitrogens with one attached hydrogen (secondary N) is 2. The highest BCUT2D eigenvalue weighted by Gasteiger charge is 2.23. The second-order valence-corrected chi connectivity index (χ2v) is 6.45. The summed E-state index contributed by atoms with van der Waals surface area (Å²) in [5.74, 6) is -0.0950. The molecular weight excluding hydrogens is 306 g/mol. The number of amides is 2. The van der Waals surface area contributed by atoms with Crippen LogP contribution in [-0.4, -0.2) is 49.1 Å². The standard InChI is InChI=1S/C18H25N3O3/c22-17(13-21-10-2-1-3-11-21)19-14-6-8-15(9-7-14)20-18(23)16-5-4-12-24-16/h6-9,16H,1-5,10-13H2,(H,19,22)(H,20,23). The molecule has 1 aromatic carbocycles. The molecule has 0 saturated carbocycles. The van der Waals surface area contributed by atoms with Crippen LogP contribution in [0.3, 0.4) is 0 Å². The molecule has 2 heterocycles. The lowest BCUT2D eigenvalue weighted by Crippen LogP contribution is -2.36. The minimum atomic E-state index is -0.339. The molecule has 0 radical (unpaired) electrons. The fourth-order valence-corrected chi connectivity index (χ4v) is 3.17. The maximum atomic E-state index is 12.1. The Hall–Kier alpha value is -1.92. The molecule has 2 saturated heterocycles. The Morgan fingerprint density at radius 3 is 2.29 bits per heavy atom. The number of hydrogen-bond donors (Lipinski definition) is 2. The fraction of sp³-hybridized carbons (Fsp3) is 0.556. The molecule has 1 atom stereocenters. The number of ether oxygens (including phenoxy) is 1. The van der Waals surface area contributed by atoms with E-state index in [4.69, 9.17) is 4.74 Å². The number of piperidine rings is 1. The predicted octanol–water partition coefficient (Wildman–Crippen LogP) is 2.23. The number of carbonyl (C=O) groups excluding carboxylic acids is 2. The summed E-state index contributed by atoms with van der Waals surface area (Å²) in [6.45, 7) is 3.10. The zero-order valence-corrected chi connectivity index (χ0v) is 13.9. The minimum absolute atomic E-state index is 0.00745. The van der Waals surface area contributed by atoms with Crippen molar-refractivity contribution in [3.05, 3.63) is 24.3 Å². The summed E-state index contributed by atoms with van der Waals surface area (Å²) in [4.78, 5) is 26.3. The van der Waals surface area contributed by atoms with Crippen molar-refractivity contribution in [1.82, 2.24) is 4.90 Å². The van der Waals surface area contributed by atoms with E-state index in [-0.39, 0.29) is 17.9 Å². The first-order valence-corrected chi connectivity index (χ1v) is 8.75. The van der Waals surface area contributed by atoms with Gasteiger partial charge in [-0.2, -0.15) is 0 Å². The van der Waals surface area contributed by atoms with Crippen LogP contribution in [0, 0.1) is 0 Å². The van der Waals surface area contributed by atoms with Crippen LogP contribution in [-0.2, 0) is 14.3 Å². The first-order chi connectivity index (χ1) is 11.7. The second-order valence-electron chi connectivity index (χ2n) is 6.45. The van der Waals surface area contributed by atoms with Gasteiger partial charge in [0, 0.05) is 18.0 Å². The molecule has 6 nitrogen and oxygen atoms in total. The van der Waals surface area contributed by atoms with E-state index in [1.165, 1.54) is 19.3 Å². The molecule has 3 rings (SSSR count). The Balaban J connectivity index is 1.46. The van der Waals surface area contributed by atoms with Crippen LogP contribution in [0.1, 0.15) is 32.1 Å². The molecule has 0 aromatic heterocycles. The van der Waals surface area contributed by atoms with Gasteiger partial charge in [0.2, 0.25) is 5.91 Å². The van der Waals surface area contributed by atoms with E-state index >= 15 is 0 Å². The molecule has 1 aromatic rings. The molecule has 2 fully saturated rings. The van der Waals surface area contributed by atoms with Crippen molar-refractivity contribution in [3.8, 4) is 0 Å². The zero-order valence-electron chi connectivity index (χ0n) is 13.9. The van der Waals surface area contributed by atoms with Gasteiger partial charge in [-0.1, -0.05) is 6.42 Å². The van der Waals surface area contributed by atoms with Crippen molar-refractivity contribution in [3.63, 3.8) is 0 Å². The van der Waals surface area contributed by atoms with Crippen molar-refractivity contribution < 1.29 is 14.3 Å². The van der Waals surface area contributed by atoms with E-state index < -0.39 is 0 Å². The number of hydrogen-bond acceptors (Lipinski definition) is 4. The monoisotopic (exact) mass is 331 g/mol. The molecule has 0 spiro atoms. The molecule has 0 bridgehead atoms. The van der Waals surface area contributed by atoms with Gasteiger partial charge in [-0.25, -0.2) is 0 Å². The summed E-state index contributed by atoms with van der Waals surface area (Å²) in [6.07, 6.45) is 4.97. The molecular formula is C18H25N3O3. The van der Waals surface area contributed by atoms with Crippen molar-refractivity contribution in [2.45, 2.75) is 38.2 Å². The molecule has 2 N–H and O–H groups in total. The van der Waals surface area contributed by atoms with Gasteiger partial charge < -0.3 is 15.4 Å². The third-order valence-electron chi connectivity index (χ3n) is 4.47. The van der Waals surface area contributed by atoms with Crippen molar-refractivity contribution in [1.29, 1.82) is 0 Å². The van der Waals surface area contributed by atoms with Crippen LogP contribution in [0.25, 0.3) is 0 Å². The van der Waals surface area contributed by atoms with Crippen molar-refractivity contribution >= 4 is 23.2 Å². The Morgan fingerprint density at radius 1 is 1.00 bits per heavy atom. The average molecular weight is 331 g/mol. The maximum absolute atomic E-state index is 12.1. The summed E-state index contributed by atoms with van der Waals surface area (Å²) in [6, 6.07) is 7.20. The van der Waals surface area contributed by atoms with Crippen molar-refractivity contribution in [2.24, 2.45) is 0 Å². The van der Waals surface area contributed by atoms with Crippen LogP contribution in [0.2, 0.25) is 0 Å². The van der Waals surface area contributed by atoms with Gasteiger partial charge in [0.15, 0.2) is 0 Å². The van der Waals surface area contributed by atoms with Crippen LogP contribution in [0.4, 0.5) is 11.4 Å². The third kappa shape index (κ3) is 4.79. The van der Waals surface area contributed by atoms with Gasteiger partial charge >= 0.3 is 0 Å². The van der Waals surface area contributed by atoms with E-state index in [9.17, 15) is 9.59 Å². The Morgan fingerprint density at radius 2 is 1.67 bits per heavy atom. The lowest BCUT2D eigenvalue weighted by molar-refractivity contribution is -0.124. The number of rotatable bonds is 5. The number of anilines is 2. The zero-order chi connectivity index (χ0) is 16.8. The van der Waals surface area contributed by atoms with Gasteiger partial charge in [0.25, 0.3) is 5.91 Å². The highest BCUT2D eigenvalue weighted by molar-refractivity contribution is 5.95. The predicted molar refractivity (Wildman–Crippen MR) is 93.0 cm³/mol. The lowest BCUT2D eigenvalue weighted by atomic mass is 10.1. The van der Waals surface area contributed by atoms with E-state index in [2.05, 4.69) is 15.5 Å². The summed E-state index contributed by atoms with van der Waals surface area (Å²) in [7, 11) is 0. The first-order valence-electron chi connectivity index (χ1n) is 8.75. The third-order valence-corrected chi connectivity index (χ3v) is 4.47. The van der Waals surface area contributed by atoms with Gasteiger partial charge in [-0.3, -0.25) is 14.5 Å². The van der Waals surface area contributed by atoms with Crippen LogP contribution >= 0.6 is 0 Å². The molecule has 0 aliphatic carbocycles. The summed E-state index contributed by atoms with van der Waals surface area (Å²) >= 11 is 0. The van der Waals surface area contributed by atoms with Crippen LogP contribution in [0.15, 0.2) is 24.3 Å². The summed E-state index contributed by atoms with van der Waals surface area (Å²) < 4.78 is 5.36. The Bertz CT molecular complexity index is 561. The lowest BCUT2D eigenvalue weighted by Gasteiger charge is -2.25. The molecule has 2 aliphatic heterocycles. The maximum Gasteiger partial charge on any atom is 0.253 e. The first kappa shape index (κ1) is 16.9. The SMILES string of the molecule is O=C(CN1CCCCC1)Nc1ccc(NC(=O)C2CCCO2)cc1. The smallest absolute Gasteiger partial charge is 0.253 e. The van der Waals surface area contributed by atoms with Gasteiger partial charge in [0.05, 0.1) is 6.54 Å². The van der Waals surface area contributed by atoms with Gasteiger partial charge in [-0.15, -0.1) is 0 Å². The van der Waals surface area contributed by atoms with Crippen molar-refractivity contribution in [2.75, 3.05) is 36.9 Å². The molecule has 1 unspecified atom stereocenters.